The summed E-state index contributed by atoms with van der Waals surface area (Å²) >= 11 is 11.9. The van der Waals surface area contributed by atoms with Crippen LogP contribution in [0.2, 0.25) is 10.0 Å². The Labute approximate surface area is 119 Å². The monoisotopic (exact) mass is 293 g/mol. The first-order valence-corrected chi connectivity index (χ1v) is 6.36. The molecule has 1 N–H and O–H groups in total. The largest absolute Gasteiger partial charge is 0.467 e. The van der Waals surface area contributed by atoms with Gasteiger partial charge in [-0.25, -0.2) is 4.98 Å². The summed E-state index contributed by atoms with van der Waals surface area (Å²) in [6, 6.07) is 7.12. The Morgan fingerprint density at radius 2 is 1.95 bits per heavy atom. The van der Waals surface area contributed by atoms with Gasteiger partial charge in [0, 0.05) is 0 Å². The number of nitrogens with one attached hydrogen (secondary N) is 1. The fraction of sp³-hybridized carbons (Fsp3) is 0.0769. The van der Waals surface area contributed by atoms with Gasteiger partial charge in [-0.2, -0.15) is 0 Å². The molecule has 2 aromatic heterocycles. The summed E-state index contributed by atoms with van der Waals surface area (Å²) in [6.45, 7) is 0.550. The van der Waals surface area contributed by atoms with Gasteiger partial charge in [-0.05, 0) is 24.3 Å². The molecule has 4 nitrogen and oxygen atoms in total. The maximum absolute atomic E-state index is 5.96. The van der Waals surface area contributed by atoms with E-state index in [1.807, 2.05) is 12.1 Å². The summed E-state index contributed by atoms with van der Waals surface area (Å²) < 4.78 is 5.23. The number of furan rings is 1. The van der Waals surface area contributed by atoms with E-state index < -0.39 is 0 Å². The molecule has 0 amide bonds. The Morgan fingerprint density at radius 1 is 1.16 bits per heavy atom. The Hall–Kier alpha value is -1.78. The lowest BCUT2D eigenvalue weighted by atomic mass is 10.3. The third kappa shape index (κ3) is 2.64. The van der Waals surface area contributed by atoms with Crippen molar-refractivity contribution in [2.24, 2.45) is 0 Å². The van der Waals surface area contributed by atoms with Crippen molar-refractivity contribution in [3.8, 4) is 0 Å². The number of aromatic nitrogens is 2. The molecule has 0 fully saturated rings. The van der Waals surface area contributed by atoms with Crippen LogP contribution in [-0.4, -0.2) is 9.97 Å². The van der Waals surface area contributed by atoms with Crippen molar-refractivity contribution in [1.29, 1.82) is 0 Å². The summed E-state index contributed by atoms with van der Waals surface area (Å²) in [4.78, 5) is 8.70. The molecule has 0 radical (unpaired) electrons. The van der Waals surface area contributed by atoms with Gasteiger partial charge in [0.15, 0.2) is 0 Å². The molecule has 0 aliphatic heterocycles. The number of halogens is 2. The van der Waals surface area contributed by atoms with E-state index in [9.17, 15) is 0 Å². The van der Waals surface area contributed by atoms with Gasteiger partial charge in [-0.1, -0.05) is 23.2 Å². The quantitative estimate of drug-likeness (QED) is 0.788. The highest BCUT2D eigenvalue weighted by Crippen LogP contribution is 2.26. The van der Waals surface area contributed by atoms with E-state index in [0.29, 0.717) is 33.4 Å². The summed E-state index contributed by atoms with van der Waals surface area (Å²) in [5.74, 6) is 1.48. The molecule has 0 bridgehead atoms. The van der Waals surface area contributed by atoms with Gasteiger partial charge in [-0.3, -0.25) is 4.98 Å². The van der Waals surface area contributed by atoms with Crippen LogP contribution in [0.1, 0.15) is 5.76 Å². The first-order valence-electron chi connectivity index (χ1n) is 5.60. The maximum Gasteiger partial charge on any atom is 0.145 e. The molecule has 3 aromatic rings. The second-order valence-electron chi connectivity index (χ2n) is 3.94. The summed E-state index contributed by atoms with van der Waals surface area (Å²) in [7, 11) is 0. The van der Waals surface area contributed by atoms with Crippen molar-refractivity contribution in [3.63, 3.8) is 0 Å². The molecule has 6 heteroatoms. The van der Waals surface area contributed by atoms with E-state index in [0.717, 1.165) is 5.76 Å². The van der Waals surface area contributed by atoms with Gasteiger partial charge in [-0.15, -0.1) is 0 Å². The minimum absolute atomic E-state index is 0.464. The predicted octanol–water partition coefficient (Wildman–Crippen LogP) is 4.14. The molecule has 19 heavy (non-hydrogen) atoms. The fourth-order valence-corrected chi connectivity index (χ4v) is 2.00. The van der Waals surface area contributed by atoms with Gasteiger partial charge in [0.05, 0.1) is 40.1 Å². The number of hydrogen-bond acceptors (Lipinski definition) is 4. The van der Waals surface area contributed by atoms with Gasteiger partial charge >= 0.3 is 0 Å². The third-order valence-electron chi connectivity index (χ3n) is 2.61. The molecule has 96 valence electrons. The zero-order valence-corrected chi connectivity index (χ0v) is 11.2. The molecule has 0 aliphatic rings. The van der Waals surface area contributed by atoms with Crippen molar-refractivity contribution in [2.45, 2.75) is 6.54 Å². The number of benzene rings is 1. The number of fused-ring (bicyclic) bond motifs is 1. The van der Waals surface area contributed by atoms with Crippen molar-refractivity contribution in [2.75, 3.05) is 5.32 Å². The molecule has 0 atom stereocenters. The zero-order valence-electron chi connectivity index (χ0n) is 9.73. The lowest BCUT2D eigenvalue weighted by Gasteiger charge is -2.05. The second-order valence-corrected chi connectivity index (χ2v) is 4.76. The number of anilines is 1. The smallest absolute Gasteiger partial charge is 0.145 e. The summed E-state index contributed by atoms with van der Waals surface area (Å²) in [6.07, 6.45) is 3.28. The van der Waals surface area contributed by atoms with Crippen LogP contribution in [0.5, 0.6) is 0 Å². The van der Waals surface area contributed by atoms with Crippen LogP contribution in [0.3, 0.4) is 0 Å². The van der Waals surface area contributed by atoms with Crippen LogP contribution >= 0.6 is 23.2 Å². The Morgan fingerprint density at radius 3 is 2.68 bits per heavy atom. The molecule has 3 rings (SSSR count). The Kier molecular flexibility index (Phi) is 3.27. The number of nitrogens with zero attached hydrogens (tertiary/aromatic N) is 2. The average molecular weight is 294 g/mol. The maximum atomic E-state index is 5.96. The molecule has 0 unspecified atom stereocenters. The fourth-order valence-electron chi connectivity index (χ4n) is 1.68. The highest BCUT2D eigenvalue weighted by molar-refractivity contribution is 6.42. The summed E-state index contributed by atoms with van der Waals surface area (Å²) in [5.41, 5.74) is 1.40. The summed E-state index contributed by atoms with van der Waals surface area (Å²) in [5, 5.41) is 4.07. The number of rotatable bonds is 3. The molecule has 0 spiro atoms. The third-order valence-corrected chi connectivity index (χ3v) is 3.33. The Balaban J connectivity index is 1.86. The predicted molar refractivity (Wildman–Crippen MR) is 75.6 cm³/mol. The lowest BCUT2D eigenvalue weighted by Crippen LogP contribution is -2.01. The van der Waals surface area contributed by atoms with Crippen LogP contribution in [0, 0.1) is 0 Å². The first-order chi connectivity index (χ1) is 9.22. The first kappa shape index (κ1) is 12.3. The van der Waals surface area contributed by atoms with E-state index in [1.165, 1.54) is 0 Å². The molecular formula is C13H9Cl2N3O. The van der Waals surface area contributed by atoms with Crippen molar-refractivity contribution < 1.29 is 4.42 Å². The van der Waals surface area contributed by atoms with Crippen LogP contribution in [0.4, 0.5) is 5.82 Å². The van der Waals surface area contributed by atoms with Crippen molar-refractivity contribution >= 4 is 40.1 Å². The van der Waals surface area contributed by atoms with E-state index in [2.05, 4.69) is 15.3 Å². The minimum Gasteiger partial charge on any atom is -0.467 e. The standard InChI is InChI=1S/C13H9Cl2N3O/c14-9-4-11-12(5-10(9)15)18-13(7-16-11)17-6-8-2-1-3-19-8/h1-5,7H,6H2,(H,17,18). The van der Waals surface area contributed by atoms with E-state index >= 15 is 0 Å². The molecular weight excluding hydrogens is 285 g/mol. The van der Waals surface area contributed by atoms with E-state index in [4.69, 9.17) is 27.6 Å². The normalized spacial score (nSPS) is 10.8. The molecule has 2 heterocycles. The topological polar surface area (TPSA) is 51.0 Å². The van der Waals surface area contributed by atoms with Gasteiger partial charge in [0.1, 0.15) is 11.6 Å². The van der Waals surface area contributed by atoms with Crippen molar-refractivity contribution in [3.05, 3.63) is 52.5 Å². The van der Waals surface area contributed by atoms with Gasteiger partial charge in [0.2, 0.25) is 0 Å². The zero-order chi connectivity index (χ0) is 13.2. The van der Waals surface area contributed by atoms with E-state index in [-0.39, 0.29) is 0 Å². The molecule has 1 aromatic carbocycles. The van der Waals surface area contributed by atoms with Gasteiger partial charge < -0.3 is 9.73 Å². The minimum atomic E-state index is 0.464. The van der Waals surface area contributed by atoms with Crippen molar-refractivity contribution in [1.82, 2.24) is 9.97 Å². The molecule has 0 saturated carbocycles. The van der Waals surface area contributed by atoms with Gasteiger partial charge in [0.25, 0.3) is 0 Å². The van der Waals surface area contributed by atoms with Crippen LogP contribution in [-0.2, 0) is 6.54 Å². The lowest BCUT2D eigenvalue weighted by molar-refractivity contribution is 0.518. The van der Waals surface area contributed by atoms with E-state index in [1.54, 1.807) is 24.6 Å². The molecule has 0 saturated heterocycles. The second kappa shape index (κ2) is 5.07. The highest BCUT2D eigenvalue weighted by atomic mass is 35.5. The highest BCUT2D eigenvalue weighted by Gasteiger charge is 2.05. The van der Waals surface area contributed by atoms with Crippen LogP contribution < -0.4 is 5.32 Å². The SMILES string of the molecule is Clc1cc2ncc(NCc3ccco3)nc2cc1Cl. The molecule has 0 aliphatic carbocycles. The Bertz CT molecular complexity index is 713. The van der Waals surface area contributed by atoms with Crippen LogP contribution in [0.25, 0.3) is 11.0 Å². The van der Waals surface area contributed by atoms with Crippen LogP contribution in [0.15, 0.2) is 41.1 Å². The number of hydrogen-bond donors (Lipinski definition) is 1. The average Bonchev–Trinajstić information content (AvgIpc) is 2.91.